The number of amides is 1. The van der Waals surface area contributed by atoms with Gasteiger partial charge in [0.05, 0.1) is 6.42 Å². The average Bonchev–Trinajstić information content (AvgIpc) is 2.55. The first-order chi connectivity index (χ1) is 10.3. The van der Waals surface area contributed by atoms with Crippen LogP contribution in [0.1, 0.15) is 12.5 Å². The molecule has 1 aliphatic heterocycles. The topological polar surface area (TPSA) is 23.6 Å². The average molecular weight is 282 g/mol. The molecular formula is C18H22N2O. The van der Waals surface area contributed by atoms with Crippen molar-refractivity contribution in [1.29, 1.82) is 0 Å². The van der Waals surface area contributed by atoms with E-state index >= 15 is 0 Å². The maximum absolute atomic E-state index is 12.5. The summed E-state index contributed by atoms with van der Waals surface area (Å²) in [6, 6.07) is 14.5. The first-order valence-corrected chi connectivity index (χ1v) is 7.74. The third-order valence-corrected chi connectivity index (χ3v) is 4.39. The standard InChI is InChI=1S/C18H22N2O/c1-2-19-10-12-20(13-11-19)18(21)14-16-8-5-7-15-6-3-4-9-17(15)16/h3-9H,2,10-14H2,1H3. The molecule has 0 unspecified atom stereocenters. The van der Waals surface area contributed by atoms with Crippen LogP contribution in [0.4, 0.5) is 0 Å². The molecule has 110 valence electrons. The van der Waals surface area contributed by atoms with Crippen LogP contribution in [-0.2, 0) is 11.2 Å². The number of piperazine rings is 1. The molecule has 1 amide bonds. The number of hydrogen-bond acceptors (Lipinski definition) is 2. The molecule has 21 heavy (non-hydrogen) atoms. The van der Waals surface area contributed by atoms with Crippen molar-refractivity contribution in [3.63, 3.8) is 0 Å². The Labute approximate surface area is 126 Å². The predicted molar refractivity (Wildman–Crippen MR) is 86.3 cm³/mol. The van der Waals surface area contributed by atoms with Gasteiger partial charge in [0.1, 0.15) is 0 Å². The van der Waals surface area contributed by atoms with Crippen LogP contribution >= 0.6 is 0 Å². The predicted octanol–water partition coefficient (Wildman–Crippen LogP) is 2.55. The second-order valence-electron chi connectivity index (χ2n) is 5.63. The van der Waals surface area contributed by atoms with Crippen LogP contribution in [0.3, 0.4) is 0 Å². The van der Waals surface area contributed by atoms with Gasteiger partial charge in [0.25, 0.3) is 0 Å². The van der Waals surface area contributed by atoms with Gasteiger partial charge in [-0.2, -0.15) is 0 Å². The maximum atomic E-state index is 12.5. The van der Waals surface area contributed by atoms with Gasteiger partial charge in [-0.15, -0.1) is 0 Å². The van der Waals surface area contributed by atoms with E-state index in [-0.39, 0.29) is 5.91 Å². The number of nitrogens with zero attached hydrogens (tertiary/aromatic N) is 2. The smallest absolute Gasteiger partial charge is 0.227 e. The van der Waals surface area contributed by atoms with Gasteiger partial charge < -0.3 is 9.80 Å². The molecule has 1 saturated heterocycles. The van der Waals surface area contributed by atoms with Crippen LogP contribution < -0.4 is 0 Å². The van der Waals surface area contributed by atoms with E-state index in [1.54, 1.807) is 0 Å². The van der Waals surface area contributed by atoms with Gasteiger partial charge in [-0.3, -0.25) is 4.79 Å². The Morgan fingerprint density at radius 2 is 1.71 bits per heavy atom. The SMILES string of the molecule is CCN1CCN(C(=O)Cc2cccc3ccccc23)CC1. The monoisotopic (exact) mass is 282 g/mol. The van der Waals surface area contributed by atoms with E-state index in [4.69, 9.17) is 0 Å². The molecule has 0 aliphatic carbocycles. The van der Waals surface area contributed by atoms with E-state index in [0.717, 1.165) is 38.3 Å². The maximum Gasteiger partial charge on any atom is 0.227 e. The van der Waals surface area contributed by atoms with E-state index in [9.17, 15) is 4.79 Å². The quantitative estimate of drug-likeness (QED) is 0.864. The summed E-state index contributed by atoms with van der Waals surface area (Å²) in [7, 11) is 0. The highest BCUT2D eigenvalue weighted by Crippen LogP contribution is 2.19. The van der Waals surface area contributed by atoms with Gasteiger partial charge in [-0.25, -0.2) is 0 Å². The number of benzene rings is 2. The molecule has 0 saturated carbocycles. The lowest BCUT2D eigenvalue weighted by Gasteiger charge is -2.34. The van der Waals surface area contributed by atoms with E-state index in [1.807, 2.05) is 23.1 Å². The minimum Gasteiger partial charge on any atom is -0.340 e. The fourth-order valence-corrected chi connectivity index (χ4v) is 3.03. The molecular weight excluding hydrogens is 260 g/mol. The molecule has 0 bridgehead atoms. The van der Waals surface area contributed by atoms with Crippen molar-refractivity contribution >= 4 is 16.7 Å². The molecule has 1 aliphatic rings. The van der Waals surface area contributed by atoms with E-state index in [0.29, 0.717) is 6.42 Å². The van der Waals surface area contributed by atoms with Crippen LogP contribution in [0.2, 0.25) is 0 Å². The number of rotatable bonds is 3. The van der Waals surface area contributed by atoms with Gasteiger partial charge in [0.15, 0.2) is 0 Å². The second kappa shape index (κ2) is 6.27. The molecule has 0 atom stereocenters. The van der Waals surface area contributed by atoms with Crippen molar-refractivity contribution in [2.45, 2.75) is 13.3 Å². The summed E-state index contributed by atoms with van der Waals surface area (Å²) < 4.78 is 0. The van der Waals surface area contributed by atoms with Gasteiger partial charge in [-0.1, -0.05) is 49.4 Å². The summed E-state index contributed by atoms with van der Waals surface area (Å²) in [4.78, 5) is 16.9. The molecule has 0 radical (unpaired) electrons. The lowest BCUT2D eigenvalue weighted by atomic mass is 10.0. The number of carbonyl (C=O) groups excluding carboxylic acids is 1. The largest absolute Gasteiger partial charge is 0.340 e. The summed E-state index contributed by atoms with van der Waals surface area (Å²) in [6.45, 7) is 6.96. The van der Waals surface area contributed by atoms with Gasteiger partial charge in [-0.05, 0) is 22.9 Å². The summed E-state index contributed by atoms with van der Waals surface area (Å²) >= 11 is 0. The first-order valence-electron chi connectivity index (χ1n) is 7.74. The Hall–Kier alpha value is -1.87. The van der Waals surface area contributed by atoms with Crippen LogP contribution in [0.25, 0.3) is 10.8 Å². The molecule has 3 nitrogen and oxygen atoms in total. The molecule has 0 N–H and O–H groups in total. The minimum atomic E-state index is 0.252. The molecule has 1 heterocycles. The third kappa shape index (κ3) is 3.08. The molecule has 2 aromatic carbocycles. The highest BCUT2D eigenvalue weighted by Gasteiger charge is 2.20. The molecule has 2 aromatic rings. The minimum absolute atomic E-state index is 0.252. The Kier molecular flexibility index (Phi) is 4.20. The number of hydrogen-bond donors (Lipinski definition) is 0. The Balaban J connectivity index is 1.72. The van der Waals surface area contributed by atoms with E-state index < -0.39 is 0 Å². The van der Waals surface area contributed by atoms with Crippen LogP contribution in [-0.4, -0.2) is 48.4 Å². The zero-order valence-corrected chi connectivity index (χ0v) is 12.6. The van der Waals surface area contributed by atoms with Crippen molar-refractivity contribution in [1.82, 2.24) is 9.80 Å². The van der Waals surface area contributed by atoms with Crippen molar-refractivity contribution < 1.29 is 4.79 Å². The highest BCUT2D eigenvalue weighted by atomic mass is 16.2. The molecule has 3 heteroatoms. The fraction of sp³-hybridized carbons (Fsp3) is 0.389. The van der Waals surface area contributed by atoms with Crippen LogP contribution in [0, 0.1) is 0 Å². The van der Waals surface area contributed by atoms with Crippen molar-refractivity contribution in [2.24, 2.45) is 0 Å². The summed E-state index contributed by atoms with van der Waals surface area (Å²) in [5, 5.41) is 2.40. The zero-order chi connectivity index (χ0) is 14.7. The van der Waals surface area contributed by atoms with Crippen LogP contribution in [0.15, 0.2) is 42.5 Å². The Morgan fingerprint density at radius 1 is 1.00 bits per heavy atom. The number of fused-ring (bicyclic) bond motifs is 1. The third-order valence-electron chi connectivity index (χ3n) is 4.39. The molecule has 0 spiro atoms. The number of likely N-dealkylation sites (N-methyl/N-ethyl adjacent to an activating group) is 1. The lowest BCUT2D eigenvalue weighted by Crippen LogP contribution is -2.48. The van der Waals surface area contributed by atoms with Crippen molar-refractivity contribution in [3.05, 3.63) is 48.0 Å². The molecule has 0 aromatic heterocycles. The van der Waals surface area contributed by atoms with E-state index in [2.05, 4.69) is 36.1 Å². The number of carbonyl (C=O) groups is 1. The normalized spacial score (nSPS) is 16.3. The summed E-state index contributed by atoms with van der Waals surface area (Å²) in [5.41, 5.74) is 1.14. The lowest BCUT2D eigenvalue weighted by molar-refractivity contribution is -0.132. The second-order valence-corrected chi connectivity index (χ2v) is 5.63. The summed E-state index contributed by atoms with van der Waals surface area (Å²) in [5.74, 6) is 0.252. The highest BCUT2D eigenvalue weighted by molar-refractivity contribution is 5.90. The Bertz CT molecular complexity index is 625. The van der Waals surface area contributed by atoms with Crippen molar-refractivity contribution in [2.75, 3.05) is 32.7 Å². The summed E-state index contributed by atoms with van der Waals surface area (Å²) in [6.07, 6.45) is 0.507. The zero-order valence-electron chi connectivity index (χ0n) is 12.6. The van der Waals surface area contributed by atoms with Gasteiger partial charge >= 0.3 is 0 Å². The first kappa shape index (κ1) is 14.1. The Morgan fingerprint density at radius 3 is 2.48 bits per heavy atom. The molecule has 1 fully saturated rings. The fourth-order valence-electron chi connectivity index (χ4n) is 3.03. The van der Waals surface area contributed by atoms with Crippen LogP contribution in [0.5, 0.6) is 0 Å². The van der Waals surface area contributed by atoms with Gasteiger partial charge in [0, 0.05) is 26.2 Å². The van der Waals surface area contributed by atoms with Gasteiger partial charge in [0.2, 0.25) is 5.91 Å². The molecule has 3 rings (SSSR count). The van der Waals surface area contributed by atoms with E-state index in [1.165, 1.54) is 10.8 Å². The van der Waals surface area contributed by atoms with Crippen molar-refractivity contribution in [3.8, 4) is 0 Å².